The number of halogens is 1. The quantitative estimate of drug-likeness (QED) is 0.773. The number of rotatable bonds is 2. The fraction of sp³-hybridized carbons (Fsp3) is 0.200. The minimum Gasteiger partial charge on any atom is -0.345 e. The molecule has 1 aromatic carbocycles. The van der Waals surface area contributed by atoms with Crippen LogP contribution in [0.3, 0.4) is 0 Å². The lowest BCUT2D eigenvalue weighted by Gasteiger charge is -2.01. The second-order valence-corrected chi connectivity index (χ2v) is 3.65. The predicted octanol–water partition coefficient (Wildman–Crippen LogP) is 2.22. The van der Waals surface area contributed by atoms with Gasteiger partial charge < -0.3 is 4.57 Å². The highest BCUT2D eigenvalue weighted by Gasteiger charge is 2.05. The number of benzene rings is 1. The Kier molecular flexibility index (Phi) is 2.46. The minimum atomic E-state index is 0.406. The molecule has 3 nitrogen and oxygen atoms in total. The zero-order chi connectivity index (χ0) is 10.1. The molecule has 0 fully saturated rings. The first-order chi connectivity index (χ1) is 6.72. The van der Waals surface area contributed by atoms with Crippen LogP contribution >= 0.6 is 11.6 Å². The SMILES string of the molecule is Cn1c(CON)cc2cc(Cl)ccc21. The molecule has 0 radical (unpaired) electrons. The van der Waals surface area contributed by atoms with Crippen molar-refractivity contribution >= 4 is 22.5 Å². The van der Waals surface area contributed by atoms with Crippen molar-refractivity contribution in [1.29, 1.82) is 0 Å². The number of fused-ring (bicyclic) bond motifs is 1. The van der Waals surface area contributed by atoms with Crippen LogP contribution in [0, 0.1) is 0 Å². The van der Waals surface area contributed by atoms with E-state index in [9.17, 15) is 0 Å². The normalized spacial score (nSPS) is 11.1. The van der Waals surface area contributed by atoms with Gasteiger partial charge in [-0.25, -0.2) is 5.90 Å². The Morgan fingerprint density at radius 1 is 1.43 bits per heavy atom. The highest BCUT2D eigenvalue weighted by molar-refractivity contribution is 6.31. The second kappa shape index (κ2) is 3.61. The van der Waals surface area contributed by atoms with Gasteiger partial charge in [-0.05, 0) is 24.3 Å². The molecule has 2 aromatic rings. The number of aromatic nitrogens is 1. The van der Waals surface area contributed by atoms with Crippen LogP contribution in [0.2, 0.25) is 5.02 Å². The van der Waals surface area contributed by atoms with Crippen molar-refractivity contribution in [3.8, 4) is 0 Å². The van der Waals surface area contributed by atoms with Crippen molar-refractivity contribution in [3.05, 3.63) is 35.0 Å². The van der Waals surface area contributed by atoms with E-state index in [4.69, 9.17) is 17.5 Å². The van der Waals surface area contributed by atoms with Gasteiger partial charge in [0.15, 0.2) is 0 Å². The maximum atomic E-state index is 5.89. The molecule has 0 saturated heterocycles. The Balaban J connectivity index is 2.61. The molecule has 0 aliphatic heterocycles. The van der Waals surface area contributed by atoms with Crippen LogP contribution in [0.5, 0.6) is 0 Å². The van der Waals surface area contributed by atoms with Gasteiger partial charge in [-0.1, -0.05) is 11.6 Å². The van der Waals surface area contributed by atoms with E-state index in [2.05, 4.69) is 4.84 Å². The van der Waals surface area contributed by atoms with E-state index in [1.54, 1.807) is 0 Å². The van der Waals surface area contributed by atoms with Gasteiger partial charge in [-0.15, -0.1) is 0 Å². The summed E-state index contributed by atoms with van der Waals surface area (Å²) in [6.07, 6.45) is 0. The first-order valence-corrected chi connectivity index (χ1v) is 4.65. The van der Waals surface area contributed by atoms with Crippen LogP contribution in [0.15, 0.2) is 24.3 Å². The summed E-state index contributed by atoms with van der Waals surface area (Å²) in [7, 11) is 1.98. The summed E-state index contributed by atoms with van der Waals surface area (Å²) in [6, 6.07) is 7.81. The van der Waals surface area contributed by atoms with Gasteiger partial charge in [0.1, 0.15) is 6.61 Å². The molecule has 0 bridgehead atoms. The minimum absolute atomic E-state index is 0.406. The molecule has 1 heterocycles. The number of hydrogen-bond donors (Lipinski definition) is 1. The van der Waals surface area contributed by atoms with Gasteiger partial charge in [-0.3, -0.25) is 4.84 Å². The third-order valence-electron chi connectivity index (χ3n) is 2.34. The molecule has 0 amide bonds. The lowest BCUT2D eigenvalue weighted by molar-refractivity contribution is 0.119. The lowest BCUT2D eigenvalue weighted by atomic mass is 10.2. The molecular weight excluding hydrogens is 200 g/mol. The van der Waals surface area contributed by atoms with Crippen molar-refractivity contribution in [2.75, 3.05) is 0 Å². The summed E-state index contributed by atoms with van der Waals surface area (Å²) >= 11 is 5.89. The monoisotopic (exact) mass is 210 g/mol. The Morgan fingerprint density at radius 3 is 2.93 bits per heavy atom. The highest BCUT2D eigenvalue weighted by Crippen LogP contribution is 2.22. The first-order valence-electron chi connectivity index (χ1n) is 4.28. The summed E-state index contributed by atoms with van der Waals surface area (Å²) in [5.41, 5.74) is 2.16. The number of nitrogens with zero attached hydrogens (tertiary/aromatic N) is 1. The standard InChI is InChI=1S/C10H11ClN2O/c1-13-9(6-14-12)5-7-4-8(11)2-3-10(7)13/h2-5H,6,12H2,1H3. The predicted molar refractivity (Wildman–Crippen MR) is 56.9 cm³/mol. The van der Waals surface area contributed by atoms with E-state index >= 15 is 0 Å². The fourth-order valence-corrected chi connectivity index (χ4v) is 1.78. The van der Waals surface area contributed by atoms with Gasteiger partial charge in [0.25, 0.3) is 0 Å². The maximum Gasteiger partial charge on any atom is 0.108 e. The third-order valence-corrected chi connectivity index (χ3v) is 2.57. The molecule has 1 aromatic heterocycles. The molecule has 14 heavy (non-hydrogen) atoms. The highest BCUT2D eigenvalue weighted by atomic mass is 35.5. The van der Waals surface area contributed by atoms with Gasteiger partial charge >= 0.3 is 0 Å². The average molecular weight is 211 g/mol. The summed E-state index contributed by atoms with van der Waals surface area (Å²) in [5, 5.41) is 1.84. The molecule has 4 heteroatoms. The van der Waals surface area contributed by atoms with Crippen LogP contribution in [0.1, 0.15) is 5.69 Å². The zero-order valence-electron chi connectivity index (χ0n) is 7.83. The van der Waals surface area contributed by atoms with Crippen molar-refractivity contribution in [2.45, 2.75) is 6.61 Å². The van der Waals surface area contributed by atoms with E-state index in [-0.39, 0.29) is 0 Å². The van der Waals surface area contributed by atoms with Crippen molar-refractivity contribution in [1.82, 2.24) is 4.57 Å². The van der Waals surface area contributed by atoms with Gasteiger partial charge in [-0.2, -0.15) is 0 Å². The smallest absolute Gasteiger partial charge is 0.108 e. The molecule has 2 rings (SSSR count). The van der Waals surface area contributed by atoms with E-state index in [1.165, 1.54) is 0 Å². The summed E-state index contributed by atoms with van der Waals surface area (Å²) in [4.78, 5) is 4.61. The Morgan fingerprint density at radius 2 is 2.21 bits per heavy atom. The Bertz CT molecular complexity index is 464. The fourth-order valence-electron chi connectivity index (χ4n) is 1.60. The molecular formula is C10H11ClN2O. The van der Waals surface area contributed by atoms with Crippen molar-refractivity contribution in [2.24, 2.45) is 12.9 Å². The first kappa shape index (κ1) is 9.52. The summed E-state index contributed by atoms with van der Waals surface area (Å²) < 4.78 is 2.04. The van der Waals surface area contributed by atoms with Gasteiger partial charge in [0.2, 0.25) is 0 Å². The lowest BCUT2D eigenvalue weighted by Crippen LogP contribution is -2.03. The van der Waals surface area contributed by atoms with Crippen molar-refractivity contribution < 1.29 is 4.84 Å². The van der Waals surface area contributed by atoms with Crippen LogP contribution in [-0.4, -0.2) is 4.57 Å². The second-order valence-electron chi connectivity index (χ2n) is 3.21. The molecule has 0 aliphatic rings. The molecule has 74 valence electrons. The Labute approximate surface area is 87.0 Å². The van der Waals surface area contributed by atoms with Gasteiger partial charge in [0, 0.05) is 28.7 Å². The number of aryl methyl sites for hydroxylation is 1. The Hall–Kier alpha value is -1.03. The number of nitrogens with two attached hydrogens (primary N) is 1. The molecule has 0 aliphatic carbocycles. The maximum absolute atomic E-state index is 5.89. The van der Waals surface area contributed by atoms with Crippen LogP contribution in [0.4, 0.5) is 0 Å². The average Bonchev–Trinajstić information content (AvgIpc) is 2.44. The molecule has 2 N–H and O–H groups in total. The van der Waals surface area contributed by atoms with Gasteiger partial charge in [0.05, 0.1) is 0 Å². The van der Waals surface area contributed by atoms with Crippen LogP contribution in [0.25, 0.3) is 10.9 Å². The van der Waals surface area contributed by atoms with E-state index in [0.717, 1.165) is 21.6 Å². The zero-order valence-corrected chi connectivity index (χ0v) is 8.58. The van der Waals surface area contributed by atoms with E-state index in [0.29, 0.717) is 6.61 Å². The van der Waals surface area contributed by atoms with Crippen LogP contribution < -0.4 is 5.90 Å². The number of hydrogen-bond acceptors (Lipinski definition) is 2. The molecule has 0 unspecified atom stereocenters. The van der Waals surface area contributed by atoms with Crippen molar-refractivity contribution in [3.63, 3.8) is 0 Å². The van der Waals surface area contributed by atoms with E-state index in [1.807, 2.05) is 35.9 Å². The van der Waals surface area contributed by atoms with Crippen LogP contribution in [-0.2, 0) is 18.5 Å². The molecule has 0 saturated carbocycles. The third kappa shape index (κ3) is 1.50. The largest absolute Gasteiger partial charge is 0.345 e. The molecule has 0 atom stereocenters. The molecule has 0 spiro atoms. The summed E-state index contributed by atoms with van der Waals surface area (Å²) in [5.74, 6) is 5.04. The summed E-state index contributed by atoms with van der Waals surface area (Å²) in [6.45, 7) is 0.406. The van der Waals surface area contributed by atoms with E-state index < -0.39 is 0 Å². The topological polar surface area (TPSA) is 40.2 Å².